The van der Waals surface area contributed by atoms with Crippen LogP contribution in [-0.2, 0) is 9.84 Å². The fourth-order valence-electron chi connectivity index (χ4n) is 2.90. The van der Waals surface area contributed by atoms with Gasteiger partial charge in [0, 0.05) is 18.4 Å². The minimum absolute atomic E-state index is 0.224. The molecule has 2 aromatic carbocycles. The molecule has 2 aromatic rings. The van der Waals surface area contributed by atoms with E-state index in [1.165, 1.54) is 12.1 Å². The number of rotatable bonds is 4. The molecular formula is C16H15FO3S. The van der Waals surface area contributed by atoms with Gasteiger partial charge >= 0.3 is 0 Å². The summed E-state index contributed by atoms with van der Waals surface area (Å²) in [5.74, 6) is -1.13. The van der Waals surface area contributed by atoms with Crippen LogP contribution in [0.15, 0.2) is 59.5 Å². The Labute approximate surface area is 123 Å². The molecule has 3 atom stereocenters. The highest BCUT2D eigenvalue weighted by Gasteiger charge is 2.58. The van der Waals surface area contributed by atoms with Crippen molar-refractivity contribution < 1.29 is 17.9 Å². The third kappa shape index (κ3) is 2.47. The van der Waals surface area contributed by atoms with Crippen LogP contribution < -0.4 is 0 Å². The maximum absolute atomic E-state index is 13.3. The summed E-state index contributed by atoms with van der Waals surface area (Å²) in [5.41, 5.74) is 0.624. The van der Waals surface area contributed by atoms with Crippen LogP contribution in [-0.4, -0.2) is 25.4 Å². The van der Waals surface area contributed by atoms with Crippen molar-refractivity contribution in [2.45, 2.75) is 16.1 Å². The van der Waals surface area contributed by atoms with Crippen molar-refractivity contribution in [1.82, 2.24) is 0 Å². The Morgan fingerprint density at radius 3 is 2.38 bits per heavy atom. The van der Waals surface area contributed by atoms with E-state index in [-0.39, 0.29) is 23.3 Å². The number of aliphatic hydroxyl groups is 1. The van der Waals surface area contributed by atoms with Crippen LogP contribution in [0.1, 0.15) is 11.5 Å². The first-order valence-corrected chi connectivity index (χ1v) is 8.25. The molecule has 0 saturated heterocycles. The zero-order valence-electron chi connectivity index (χ0n) is 11.2. The lowest BCUT2D eigenvalue weighted by Gasteiger charge is -2.04. The normalized spacial score (nSPS) is 24.8. The van der Waals surface area contributed by atoms with Gasteiger partial charge in [0.1, 0.15) is 5.82 Å². The molecule has 1 saturated carbocycles. The highest BCUT2D eigenvalue weighted by Crippen LogP contribution is 2.53. The Hall–Kier alpha value is -1.72. The smallest absolute Gasteiger partial charge is 0.182 e. The van der Waals surface area contributed by atoms with Gasteiger partial charge in [-0.2, -0.15) is 0 Å². The largest absolute Gasteiger partial charge is 0.396 e. The second kappa shape index (κ2) is 5.24. The van der Waals surface area contributed by atoms with E-state index >= 15 is 0 Å². The van der Waals surface area contributed by atoms with Crippen molar-refractivity contribution in [1.29, 1.82) is 0 Å². The number of halogens is 1. The van der Waals surface area contributed by atoms with Gasteiger partial charge in [-0.3, -0.25) is 0 Å². The Kier molecular flexibility index (Phi) is 3.55. The van der Waals surface area contributed by atoms with Crippen LogP contribution in [0.25, 0.3) is 0 Å². The highest BCUT2D eigenvalue weighted by atomic mass is 32.2. The first-order valence-electron chi connectivity index (χ1n) is 6.71. The van der Waals surface area contributed by atoms with Gasteiger partial charge in [0.25, 0.3) is 0 Å². The summed E-state index contributed by atoms with van der Waals surface area (Å²) >= 11 is 0. The molecule has 110 valence electrons. The van der Waals surface area contributed by atoms with Gasteiger partial charge in [-0.15, -0.1) is 0 Å². The molecule has 3 rings (SSSR count). The molecule has 0 amide bonds. The van der Waals surface area contributed by atoms with E-state index in [1.807, 2.05) is 0 Å². The highest BCUT2D eigenvalue weighted by molar-refractivity contribution is 7.92. The van der Waals surface area contributed by atoms with E-state index in [0.717, 1.165) is 0 Å². The average Bonchev–Trinajstić information content (AvgIpc) is 3.23. The van der Waals surface area contributed by atoms with E-state index in [4.69, 9.17) is 0 Å². The molecule has 0 spiro atoms. The van der Waals surface area contributed by atoms with Crippen LogP contribution >= 0.6 is 0 Å². The number of sulfone groups is 1. The van der Waals surface area contributed by atoms with Gasteiger partial charge in [-0.25, -0.2) is 12.8 Å². The van der Waals surface area contributed by atoms with Crippen molar-refractivity contribution in [3.8, 4) is 0 Å². The van der Waals surface area contributed by atoms with Crippen LogP contribution in [0.2, 0.25) is 0 Å². The molecule has 21 heavy (non-hydrogen) atoms. The molecule has 0 bridgehead atoms. The lowest BCUT2D eigenvalue weighted by atomic mass is 10.1. The van der Waals surface area contributed by atoms with E-state index in [2.05, 4.69) is 0 Å². The number of hydrogen-bond donors (Lipinski definition) is 1. The molecule has 0 aliphatic heterocycles. The summed E-state index contributed by atoms with van der Waals surface area (Å²) in [4.78, 5) is 0.243. The van der Waals surface area contributed by atoms with E-state index in [0.29, 0.717) is 5.56 Å². The van der Waals surface area contributed by atoms with E-state index < -0.39 is 20.9 Å². The zero-order chi connectivity index (χ0) is 15.0. The quantitative estimate of drug-likeness (QED) is 0.943. The molecule has 1 fully saturated rings. The molecule has 1 aliphatic rings. The second-order valence-electron chi connectivity index (χ2n) is 5.25. The first-order chi connectivity index (χ1) is 10.1. The Bertz CT molecular complexity index is 743. The maximum Gasteiger partial charge on any atom is 0.182 e. The topological polar surface area (TPSA) is 54.4 Å². The van der Waals surface area contributed by atoms with Gasteiger partial charge < -0.3 is 5.11 Å². The van der Waals surface area contributed by atoms with Gasteiger partial charge in [-0.1, -0.05) is 30.3 Å². The fourth-order valence-corrected chi connectivity index (χ4v) is 5.12. The molecule has 0 heterocycles. The minimum Gasteiger partial charge on any atom is -0.396 e. The Balaban J connectivity index is 1.96. The van der Waals surface area contributed by atoms with Crippen molar-refractivity contribution in [2.75, 3.05) is 6.61 Å². The summed E-state index contributed by atoms with van der Waals surface area (Å²) in [6, 6.07) is 14.1. The predicted molar refractivity (Wildman–Crippen MR) is 77.1 cm³/mol. The van der Waals surface area contributed by atoms with Crippen LogP contribution in [0.4, 0.5) is 4.39 Å². The SMILES string of the molecule is O=S(=O)(c1ccccc1)C1C(CO)C1c1cccc(F)c1. The van der Waals surface area contributed by atoms with Gasteiger partial charge in [0.05, 0.1) is 10.1 Å². The van der Waals surface area contributed by atoms with Crippen LogP contribution in [0.3, 0.4) is 0 Å². The monoisotopic (exact) mass is 306 g/mol. The maximum atomic E-state index is 13.3. The molecule has 0 radical (unpaired) electrons. The third-order valence-corrected chi connectivity index (χ3v) is 6.26. The van der Waals surface area contributed by atoms with Crippen molar-refractivity contribution in [3.63, 3.8) is 0 Å². The van der Waals surface area contributed by atoms with Crippen molar-refractivity contribution in [3.05, 3.63) is 66.0 Å². The number of benzene rings is 2. The summed E-state index contributed by atoms with van der Waals surface area (Å²) < 4.78 is 38.6. The fraction of sp³-hybridized carbons (Fsp3) is 0.250. The van der Waals surface area contributed by atoms with Gasteiger partial charge in [0.15, 0.2) is 9.84 Å². The molecule has 3 nitrogen and oxygen atoms in total. The molecule has 1 N–H and O–H groups in total. The summed E-state index contributed by atoms with van der Waals surface area (Å²) in [5, 5.41) is 8.74. The molecule has 0 aromatic heterocycles. The van der Waals surface area contributed by atoms with Crippen molar-refractivity contribution in [2.24, 2.45) is 5.92 Å². The van der Waals surface area contributed by atoms with Crippen LogP contribution in [0, 0.1) is 11.7 Å². The predicted octanol–water partition coefficient (Wildman–Crippen LogP) is 2.37. The van der Waals surface area contributed by atoms with E-state index in [1.54, 1.807) is 42.5 Å². The molecule has 1 aliphatic carbocycles. The Morgan fingerprint density at radius 1 is 1.05 bits per heavy atom. The lowest BCUT2D eigenvalue weighted by Crippen LogP contribution is -2.11. The lowest BCUT2D eigenvalue weighted by molar-refractivity contribution is 0.274. The van der Waals surface area contributed by atoms with Crippen molar-refractivity contribution >= 4 is 9.84 Å². The number of aliphatic hydroxyl groups excluding tert-OH is 1. The molecular weight excluding hydrogens is 291 g/mol. The third-order valence-electron chi connectivity index (χ3n) is 3.97. The molecule has 5 heteroatoms. The summed E-state index contributed by atoms with van der Waals surface area (Å²) in [7, 11) is -3.52. The van der Waals surface area contributed by atoms with Crippen LogP contribution in [0.5, 0.6) is 0 Å². The minimum atomic E-state index is -3.52. The molecule has 3 unspecified atom stereocenters. The standard InChI is InChI=1S/C16H15FO3S/c17-12-6-4-5-11(9-12)15-14(10-18)16(15)21(19,20)13-7-2-1-3-8-13/h1-9,14-16,18H,10H2. The average molecular weight is 306 g/mol. The number of hydrogen-bond acceptors (Lipinski definition) is 3. The Morgan fingerprint density at radius 2 is 1.76 bits per heavy atom. The first kappa shape index (κ1) is 14.2. The van der Waals surface area contributed by atoms with Gasteiger partial charge in [0.2, 0.25) is 0 Å². The van der Waals surface area contributed by atoms with E-state index in [9.17, 15) is 17.9 Å². The zero-order valence-corrected chi connectivity index (χ0v) is 12.0. The van der Waals surface area contributed by atoms with Gasteiger partial charge in [-0.05, 0) is 29.8 Å². The summed E-state index contributed by atoms with van der Waals surface area (Å²) in [6.07, 6.45) is 0. The second-order valence-corrected chi connectivity index (χ2v) is 7.36. The summed E-state index contributed by atoms with van der Waals surface area (Å²) in [6.45, 7) is -0.224.